The van der Waals surface area contributed by atoms with E-state index in [2.05, 4.69) is 34.5 Å². The van der Waals surface area contributed by atoms with Crippen LogP contribution >= 0.6 is 23.2 Å². The molecule has 2 saturated heterocycles. The number of rotatable bonds is 5. The van der Waals surface area contributed by atoms with Crippen LogP contribution in [0, 0.1) is 5.92 Å². The molecule has 0 aliphatic carbocycles. The summed E-state index contributed by atoms with van der Waals surface area (Å²) in [6, 6.07) is 15.1. The van der Waals surface area contributed by atoms with Gasteiger partial charge in [-0.3, -0.25) is 9.69 Å². The first-order valence-corrected chi connectivity index (χ1v) is 11.8. The Morgan fingerprint density at radius 1 is 1.03 bits per heavy atom. The Hall–Kier alpha value is -2.28. The van der Waals surface area contributed by atoms with E-state index in [-0.39, 0.29) is 18.5 Å². The normalized spacial score (nSPS) is 19.8. The smallest absolute Gasteiger partial charge is 0.322 e. The summed E-state index contributed by atoms with van der Waals surface area (Å²) in [6.07, 6.45) is 2.29. The molecule has 2 aliphatic rings. The average molecular weight is 475 g/mol. The lowest BCUT2D eigenvalue weighted by Gasteiger charge is -2.39. The molecule has 0 spiro atoms. The van der Waals surface area contributed by atoms with Gasteiger partial charge in [-0.1, -0.05) is 53.5 Å². The minimum atomic E-state index is -0.303. The van der Waals surface area contributed by atoms with E-state index in [0.717, 1.165) is 39.0 Å². The van der Waals surface area contributed by atoms with Crippen LogP contribution in [0.15, 0.2) is 48.5 Å². The third-order valence-electron chi connectivity index (χ3n) is 6.11. The van der Waals surface area contributed by atoms with Crippen molar-refractivity contribution in [2.45, 2.75) is 19.4 Å². The maximum atomic E-state index is 12.8. The number of hydrogen-bond acceptors (Lipinski definition) is 3. The second kappa shape index (κ2) is 10.6. The molecule has 0 saturated carbocycles. The number of halogens is 2. The van der Waals surface area contributed by atoms with E-state index in [0.29, 0.717) is 34.7 Å². The fourth-order valence-corrected chi connectivity index (χ4v) is 4.75. The van der Waals surface area contributed by atoms with Crippen LogP contribution in [0.1, 0.15) is 18.4 Å². The molecule has 0 bridgehead atoms. The highest BCUT2D eigenvalue weighted by atomic mass is 35.5. The Morgan fingerprint density at radius 2 is 1.84 bits per heavy atom. The molecule has 2 fully saturated rings. The van der Waals surface area contributed by atoms with Gasteiger partial charge in [-0.05, 0) is 49.1 Å². The van der Waals surface area contributed by atoms with Crippen LogP contribution in [-0.2, 0) is 11.3 Å². The Labute approximate surface area is 199 Å². The Bertz CT molecular complexity index is 956. The SMILES string of the molecule is O=C1CN(C(=O)Nc2ccc(Cl)c(Cl)c2)CCN1CC1CCCN(Cc2ccccc2)C1. The molecule has 170 valence electrons. The minimum absolute atomic E-state index is 0.000668. The monoisotopic (exact) mass is 474 g/mol. The first-order valence-electron chi connectivity index (χ1n) is 11.0. The third-order valence-corrected chi connectivity index (χ3v) is 6.85. The topological polar surface area (TPSA) is 55.9 Å². The molecule has 2 aliphatic heterocycles. The number of piperazine rings is 1. The summed E-state index contributed by atoms with van der Waals surface area (Å²) in [5, 5.41) is 3.60. The van der Waals surface area contributed by atoms with Gasteiger partial charge in [-0.15, -0.1) is 0 Å². The van der Waals surface area contributed by atoms with Crippen molar-refractivity contribution in [3.05, 3.63) is 64.1 Å². The van der Waals surface area contributed by atoms with Crippen molar-refractivity contribution in [3.8, 4) is 0 Å². The number of piperidine rings is 1. The fraction of sp³-hybridized carbons (Fsp3) is 0.417. The first kappa shape index (κ1) is 22.9. The van der Waals surface area contributed by atoms with Crippen molar-refractivity contribution < 1.29 is 9.59 Å². The van der Waals surface area contributed by atoms with Gasteiger partial charge in [0, 0.05) is 38.4 Å². The zero-order chi connectivity index (χ0) is 22.5. The molecule has 0 aromatic heterocycles. The summed E-state index contributed by atoms with van der Waals surface area (Å²) >= 11 is 11.9. The van der Waals surface area contributed by atoms with Gasteiger partial charge in [0.15, 0.2) is 0 Å². The van der Waals surface area contributed by atoms with Crippen molar-refractivity contribution in [1.82, 2.24) is 14.7 Å². The number of amides is 3. The number of likely N-dealkylation sites (tertiary alicyclic amines) is 1. The summed E-state index contributed by atoms with van der Waals surface area (Å²) in [4.78, 5) is 31.3. The van der Waals surface area contributed by atoms with Crippen LogP contribution < -0.4 is 5.32 Å². The van der Waals surface area contributed by atoms with Gasteiger partial charge >= 0.3 is 6.03 Å². The molecule has 6 nitrogen and oxygen atoms in total. The maximum Gasteiger partial charge on any atom is 0.322 e. The first-order chi connectivity index (χ1) is 15.5. The third kappa shape index (κ3) is 5.94. The molecule has 1 atom stereocenters. The number of benzene rings is 2. The Morgan fingerprint density at radius 3 is 2.59 bits per heavy atom. The molecular formula is C24H28Cl2N4O2. The van der Waals surface area contributed by atoms with E-state index in [9.17, 15) is 9.59 Å². The average Bonchev–Trinajstić information content (AvgIpc) is 2.78. The van der Waals surface area contributed by atoms with Gasteiger partial charge in [-0.2, -0.15) is 0 Å². The van der Waals surface area contributed by atoms with E-state index < -0.39 is 0 Å². The van der Waals surface area contributed by atoms with E-state index in [1.165, 1.54) is 5.56 Å². The van der Waals surface area contributed by atoms with E-state index in [4.69, 9.17) is 23.2 Å². The molecule has 8 heteroatoms. The highest BCUT2D eigenvalue weighted by Crippen LogP contribution is 2.25. The second-order valence-electron chi connectivity index (χ2n) is 8.55. The lowest BCUT2D eigenvalue weighted by Crippen LogP contribution is -2.55. The predicted octanol–water partition coefficient (Wildman–Crippen LogP) is 4.58. The van der Waals surface area contributed by atoms with Crippen molar-refractivity contribution >= 4 is 40.8 Å². The lowest BCUT2D eigenvalue weighted by molar-refractivity contribution is -0.135. The molecule has 1 unspecified atom stereocenters. The molecule has 1 N–H and O–H groups in total. The Kier molecular flexibility index (Phi) is 7.55. The standard InChI is InChI=1S/C24H28Cl2N4O2/c25-21-9-8-20(13-22(21)26)27-24(32)30-12-11-29(23(31)17-30)16-19-7-4-10-28(15-19)14-18-5-2-1-3-6-18/h1-3,5-6,8-9,13,19H,4,7,10-12,14-17H2,(H,27,32). The molecule has 4 rings (SSSR count). The number of anilines is 1. The van der Waals surface area contributed by atoms with Crippen LogP contribution in [0.4, 0.5) is 10.5 Å². The molecule has 0 radical (unpaired) electrons. The van der Waals surface area contributed by atoms with E-state index in [1.807, 2.05) is 11.0 Å². The molecule has 2 heterocycles. The quantitative estimate of drug-likeness (QED) is 0.689. The number of nitrogens with zero attached hydrogens (tertiary/aromatic N) is 3. The summed E-state index contributed by atoms with van der Waals surface area (Å²) in [5.41, 5.74) is 1.88. The van der Waals surface area contributed by atoms with Crippen LogP contribution in [0.5, 0.6) is 0 Å². The number of urea groups is 1. The molecule has 2 aromatic carbocycles. The van der Waals surface area contributed by atoms with Crippen molar-refractivity contribution in [2.24, 2.45) is 5.92 Å². The van der Waals surface area contributed by atoms with E-state index in [1.54, 1.807) is 23.1 Å². The summed E-state index contributed by atoms with van der Waals surface area (Å²) in [6.45, 7) is 4.97. The van der Waals surface area contributed by atoms with Gasteiger partial charge in [-0.25, -0.2) is 4.79 Å². The largest absolute Gasteiger partial charge is 0.339 e. The van der Waals surface area contributed by atoms with Crippen LogP contribution in [0.2, 0.25) is 10.0 Å². The predicted molar refractivity (Wildman–Crippen MR) is 128 cm³/mol. The zero-order valence-electron chi connectivity index (χ0n) is 18.0. The summed E-state index contributed by atoms with van der Waals surface area (Å²) in [7, 11) is 0. The number of nitrogens with one attached hydrogen (secondary N) is 1. The minimum Gasteiger partial charge on any atom is -0.339 e. The van der Waals surface area contributed by atoms with Gasteiger partial charge < -0.3 is 15.1 Å². The van der Waals surface area contributed by atoms with Gasteiger partial charge in [0.25, 0.3) is 0 Å². The number of carbonyl (C=O) groups excluding carboxylic acids is 2. The van der Waals surface area contributed by atoms with E-state index >= 15 is 0 Å². The number of carbonyl (C=O) groups is 2. The second-order valence-corrected chi connectivity index (χ2v) is 9.36. The van der Waals surface area contributed by atoms with Crippen LogP contribution in [-0.4, -0.2) is 65.9 Å². The van der Waals surface area contributed by atoms with Gasteiger partial charge in [0.2, 0.25) is 5.91 Å². The molecule has 2 aromatic rings. The van der Waals surface area contributed by atoms with Gasteiger partial charge in [0.1, 0.15) is 6.54 Å². The zero-order valence-corrected chi connectivity index (χ0v) is 19.5. The summed E-state index contributed by atoms with van der Waals surface area (Å²) < 4.78 is 0. The lowest BCUT2D eigenvalue weighted by atomic mass is 9.96. The number of hydrogen-bond donors (Lipinski definition) is 1. The van der Waals surface area contributed by atoms with Crippen LogP contribution in [0.3, 0.4) is 0 Å². The van der Waals surface area contributed by atoms with Crippen LogP contribution in [0.25, 0.3) is 0 Å². The molecular weight excluding hydrogens is 447 g/mol. The van der Waals surface area contributed by atoms with Crippen molar-refractivity contribution in [2.75, 3.05) is 44.6 Å². The molecule has 3 amide bonds. The highest BCUT2D eigenvalue weighted by molar-refractivity contribution is 6.42. The van der Waals surface area contributed by atoms with Crippen molar-refractivity contribution in [1.29, 1.82) is 0 Å². The van der Waals surface area contributed by atoms with Gasteiger partial charge in [0.05, 0.1) is 10.0 Å². The maximum absolute atomic E-state index is 12.8. The summed E-state index contributed by atoms with van der Waals surface area (Å²) in [5.74, 6) is 0.466. The fourth-order valence-electron chi connectivity index (χ4n) is 4.45. The Balaban J connectivity index is 1.26. The van der Waals surface area contributed by atoms with Crippen molar-refractivity contribution in [3.63, 3.8) is 0 Å². The molecule has 32 heavy (non-hydrogen) atoms. The highest BCUT2D eigenvalue weighted by Gasteiger charge is 2.30.